The van der Waals surface area contributed by atoms with Gasteiger partial charge in [-0.1, -0.05) is 0 Å². The molecule has 4 N–H and O–H groups in total. The lowest BCUT2D eigenvalue weighted by molar-refractivity contribution is 0.460. The summed E-state index contributed by atoms with van der Waals surface area (Å²) in [4.78, 5) is 0. The SMILES string of the molecule is CNS(=O)(=O)NCC1(CCN)CC1. The third kappa shape index (κ3) is 3.22. The van der Waals surface area contributed by atoms with E-state index < -0.39 is 10.2 Å². The van der Waals surface area contributed by atoms with Crippen molar-refractivity contribution in [1.29, 1.82) is 0 Å². The van der Waals surface area contributed by atoms with Gasteiger partial charge < -0.3 is 5.73 Å². The third-order valence-corrected chi connectivity index (χ3v) is 3.60. The van der Waals surface area contributed by atoms with E-state index >= 15 is 0 Å². The van der Waals surface area contributed by atoms with Crippen LogP contribution >= 0.6 is 0 Å². The molecule has 0 spiro atoms. The number of hydrogen-bond donors (Lipinski definition) is 3. The van der Waals surface area contributed by atoms with Crippen molar-refractivity contribution in [1.82, 2.24) is 9.44 Å². The first-order valence-electron chi connectivity index (χ1n) is 4.42. The summed E-state index contributed by atoms with van der Waals surface area (Å²) in [6.07, 6.45) is 3.06. The molecule has 78 valence electrons. The predicted octanol–water partition coefficient (Wildman–Crippen LogP) is -0.831. The van der Waals surface area contributed by atoms with Gasteiger partial charge in [-0.15, -0.1) is 0 Å². The molecular formula is C7H17N3O2S. The summed E-state index contributed by atoms with van der Waals surface area (Å²) in [5.74, 6) is 0. The zero-order valence-electron chi connectivity index (χ0n) is 7.84. The van der Waals surface area contributed by atoms with E-state index in [0.717, 1.165) is 19.3 Å². The average molecular weight is 207 g/mol. The molecule has 0 radical (unpaired) electrons. The highest BCUT2D eigenvalue weighted by atomic mass is 32.2. The first kappa shape index (κ1) is 10.9. The molecule has 1 aliphatic carbocycles. The minimum absolute atomic E-state index is 0.151. The van der Waals surface area contributed by atoms with Crippen LogP contribution in [0.15, 0.2) is 0 Å². The summed E-state index contributed by atoms with van der Waals surface area (Å²) < 4.78 is 26.8. The van der Waals surface area contributed by atoms with Crippen molar-refractivity contribution in [3.8, 4) is 0 Å². The molecule has 0 aromatic carbocycles. The monoisotopic (exact) mass is 207 g/mol. The van der Waals surface area contributed by atoms with Gasteiger partial charge in [0.1, 0.15) is 0 Å². The molecule has 0 aromatic rings. The van der Waals surface area contributed by atoms with Crippen LogP contribution in [0, 0.1) is 5.41 Å². The molecule has 0 aliphatic heterocycles. The molecule has 0 atom stereocenters. The van der Waals surface area contributed by atoms with E-state index in [4.69, 9.17) is 5.73 Å². The van der Waals surface area contributed by atoms with Crippen molar-refractivity contribution >= 4 is 10.2 Å². The van der Waals surface area contributed by atoms with Crippen LogP contribution in [0.3, 0.4) is 0 Å². The lowest BCUT2D eigenvalue weighted by Crippen LogP contribution is -2.38. The van der Waals surface area contributed by atoms with E-state index in [9.17, 15) is 8.42 Å². The summed E-state index contributed by atoms with van der Waals surface area (Å²) >= 11 is 0. The molecule has 0 heterocycles. The van der Waals surface area contributed by atoms with Crippen molar-refractivity contribution in [2.24, 2.45) is 11.1 Å². The minimum Gasteiger partial charge on any atom is -0.330 e. The van der Waals surface area contributed by atoms with Gasteiger partial charge in [-0.25, -0.2) is 9.44 Å². The van der Waals surface area contributed by atoms with E-state index in [1.807, 2.05) is 0 Å². The number of nitrogens with one attached hydrogen (secondary N) is 2. The summed E-state index contributed by atoms with van der Waals surface area (Å²) in [5, 5.41) is 0. The van der Waals surface area contributed by atoms with Crippen LogP contribution in [0.5, 0.6) is 0 Å². The first-order chi connectivity index (χ1) is 6.04. The fourth-order valence-corrected chi connectivity index (χ4v) is 1.96. The van der Waals surface area contributed by atoms with Gasteiger partial charge in [-0.05, 0) is 31.2 Å². The van der Waals surface area contributed by atoms with E-state index in [1.165, 1.54) is 7.05 Å². The molecule has 1 fully saturated rings. The topological polar surface area (TPSA) is 84.2 Å². The minimum atomic E-state index is -3.27. The fraction of sp³-hybridized carbons (Fsp3) is 1.00. The van der Waals surface area contributed by atoms with Gasteiger partial charge in [-0.3, -0.25) is 0 Å². The van der Waals surface area contributed by atoms with Crippen molar-refractivity contribution in [3.05, 3.63) is 0 Å². The molecule has 0 unspecified atom stereocenters. The zero-order chi connectivity index (χ0) is 9.95. The van der Waals surface area contributed by atoms with Crippen LogP contribution in [-0.4, -0.2) is 28.6 Å². The molecule has 1 aliphatic rings. The number of hydrogen-bond acceptors (Lipinski definition) is 3. The summed E-state index contributed by atoms with van der Waals surface area (Å²) in [6.45, 7) is 1.13. The maximum absolute atomic E-state index is 11.0. The van der Waals surface area contributed by atoms with E-state index in [-0.39, 0.29) is 5.41 Å². The quantitative estimate of drug-likeness (QED) is 0.531. The molecule has 1 rings (SSSR count). The second-order valence-corrected chi connectivity index (χ2v) is 5.27. The first-order valence-corrected chi connectivity index (χ1v) is 5.90. The van der Waals surface area contributed by atoms with Crippen LogP contribution in [0.2, 0.25) is 0 Å². The van der Waals surface area contributed by atoms with Gasteiger partial charge in [0.2, 0.25) is 0 Å². The maximum Gasteiger partial charge on any atom is 0.276 e. The Labute approximate surface area is 79.3 Å². The highest BCUT2D eigenvalue weighted by molar-refractivity contribution is 7.87. The number of rotatable bonds is 6. The van der Waals surface area contributed by atoms with Crippen molar-refractivity contribution in [2.75, 3.05) is 20.1 Å². The van der Waals surface area contributed by atoms with Crippen LogP contribution < -0.4 is 15.2 Å². The van der Waals surface area contributed by atoms with Gasteiger partial charge in [0.05, 0.1) is 0 Å². The Kier molecular flexibility index (Phi) is 3.28. The lowest BCUT2D eigenvalue weighted by atomic mass is 10.0. The summed E-state index contributed by atoms with van der Waals surface area (Å²) in [6, 6.07) is 0. The van der Waals surface area contributed by atoms with E-state index in [2.05, 4.69) is 9.44 Å². The van der Waals surface area contributed by atoms with Gasteiger partial charge >= 0.3 is 0 Å². The van der Waals surface area contributed by atoms with Crippen molar-refractivity contribution in [2.45, 2.75) is 19.3 Å². The summed E-state index contributed by atoms with van der Waals surface area (Å²) in [5.41, 5.74) is 5.59. The lowest BCUT2D eigenvalue weighted by Gasteiger charge is -2.14. The zero-order valence-corrected chi connectivity index (χ0v) is 8.65. The molecule has 0 bridgehead atoms. The molecule has 0 aromatic heterocycles. The van der Waals surface area contributed by atoms with Crippen LogP contribution in [-0.2, 0) is 10.2 Å². The highest BCUT2D eigenvalue weighted by Crippen LogP contribution is 2.47. The molecule has 0 saturated heterocycles. The predicted molar refractivity (Wildman–Crippen MR) is 51.3 cm³/mol. The smallest absolute Gasteiger partial charge is 0.276 e. The van der Waals surface area contributed by atoms with Crippen molar-refractivity contribution < 1.29 is 8.42 Å². The largest absolute Gasteiger partial charge is 0.330 e. The van der Waals surface area contributed by atoms with Gasteiger partial charge in [0, 0.05) is 13.6 Å². The molecule has 6 heteroatoms. The van der Waals surface area contributed by atoms with Gasteiger partial charge in [-0.2, -0.15) is 8.42 Å². The third-order valence-electron chi connectivity index (χ3n) is 2.54. The van der Waals surface area contributed by atoms with Crippen LogP contribution in [0.4, 0.5) is 0 Å². The van der Waals surface area contributed by atoms with E-state index in [1.54, 1.807) is 0 Å². The molecule has 5 nitrogen and oxygen atoms in total. The Balaban J connectivity index is 2.34. The normalized spacial score (nSPS) is 20.2. The van der Waals surface area contributed by atoms with Gasteiger partial charge in [0.25, 0.3) is 10.2 Å². The second kappa shape index (κ2) is 3.91. The second-order valence-electron chi connectivity index (χ2n) is 3.57. The fourth-order valence-electron chi connectivity index (χ4n) is 1.32. The van der Waals surface area contributed by atoms with Gasteiger partial charge in [0.15, 0.2) is 0 Å². The standard InChI is InChI=1S/C7H17N3O2S/c1-9-13(11,12)10-6-7(2-3-7)4-5-8/h9-10H,2-6,8H2,1H3. The molecule has 0 amide bonds. The maximum atomic E-state index is 11.0. The van der Waals surface area contributed by atoms with E-state index in [0.29, 0.717) is 13.1 Å². The highest BCUT2D eigenvalue weighted by Gasteiger charge is 2.41. The number of nitrogens with two attached hydrogens (primary N) is 1. The van der Waals surface area contributed by atoms with Crippen LogP contribution in [0.25, 0.3) is 0 Å². The van der Waals surface area contributed by atoms with Crippen molar-refractivity contribution in [3.63, 3.8) is 0 Å². The van der Waals surface area contributed by atoms with Crippen LogP contribution in [0.1, 0.15) is 19.3 Å². The Morgan fingerprint density at radius 1 is 1.46 bits per heavy atom. The summed E-state index contributed by atoms with van der Waals surface area (Å²) in [7, 11) is -1.88. The average Bonchev–Trinajstić information content (AvgIpc) is 2.84. The molecule has 1 saturated carbocycles. The Bertz CT molecular complexity index is 259. The molecular weight excluding hydrogens is 190 g/mol. The Morgan fingerprint density at radius 2 is 2.08 bits per heavy atom. The Hall–Kier alpha value is -0.170. The Morgan fingerprint density at radius 3 is 2.46 bits per heavy atom. The molecule has 13 heavy (non-hydrogen) atoms.